The number of ether oxygens (including phenoxy) is 5. The molecule has 0 bridgehead atoms. The largest absolute Gasteiger partial charge is 0.493 e. The maximum absolute atomic E-state index is 5.54. The van der Waals surface area contributed by atoms with Gasteiger partial charge < -0.3 is 23.7 Å². The molecule has 40 heavy (non-hydrogen) atoms. The van der Waals surface area contributed by atoms with Crippen molar-refractivity contribution in [3.8, 4) is 74.3 Å². The lowest BCUT2D eigenvalue weighted by molar-refractivity contribution is 0.324. The molecule has 0 aliphatic rings. The van der Waals surface area contributed by atoms with Crippen molar-refractivity contribution in [3.63, 3.8) is 0 Å². The van der Waals surface area contributed by atoms with E-state index in [2.05, 4.69) is 27.3 Å². The second-order valence-corrected chi connectivity index (χ2v) is 8.73. The minimum Gasteiger partial charge on any atom is -0.493 e. The van der Waals surface area contributed by atoms with E-state index < -0.39 is 0 Å². The third kappa shape index (κ3) is 4.89. The molecule has 206 valence electrons. The molecule has 5 aromatic rings. The van der Waals surface area contributed by atoms with Gasteiger partial charge in [-0.05, 0) is 42.3 Å². The fourth-order valence-corrected chi connectivity index (χ4v) is 4.50. The Bertz CT molecular complexity index is 1480. The van der Waals surface area contributed by atoms with Crippen LogP contribution in [-0.4, -0.2) is 65.9 Å². The van der Waals surface area contributed by atoms with Crippen molar-refractivity contribution in [3.05, 3.63) is 54.1 Å². The molecule has 2 aromatic heterocycles. The Hall–Kier alpha value is -5.06. The van der Waals surface area contributed by atoms with Gasteiger partial charge in [0.15, 0.2) is 46.3 Å². The van der Waals surface area contributed by atoms with Crippen LogP contribution in [0.2, 0.25) is 0 Å². The zero-order chi connectivity index (χ0) is 28.2. The van der Waals surface area contributed by atoms with Gasteiger partial charge in [0.25, 0.3) is 0 Å². The third-order valence-corrected chi connectivity index (χ3v) is 6.50. The number of rotatable bonds is 10. The molecule has 11 nitrogen and oxygen atoms in total. The summed E-state index contributed by atoms with van der Waals surface area (Å²) >= 11 is 0. The van der Waals surface area contributed by atoms with Crippen LogP contribution in [0.5, 0.6) is 28.7 Å². The number of methoxy groups -OCH3 is 5. The van der Waals surface area contributed by atoms with Gasteiger partial charge in [0.2, 0.25) is 5.75 Å². The monoisotopic (exact) mass is 542 g/mol. The summed E-state index contributed by atoms with van der Waals surface area (Å²) in [5.41, 5.74) is 4.24. The van der Waals surface area contributed by atoms with Crippen molar-refractivity contribution in [2.24, 2.45) is 0 Å². The summed E-state index contributed by atoms with van der Waals surface area (Å²) in [6, 6.07) is 15.3. The Morgan fingerprint density at radius 1 is 0.575 bits per heavy atom. The zero-order valence-electron chi connectivity index (χ0n) is 23.2. The Labute approximate surface area is 231 Å². The number of nitrogens with zero attached hydrogens (tertiary/aromatic N) is 4. The molecule has 0 spiro atoms. The van der Waals surface area contributed by atoms with E-state index >= 15 is 0 Å². The van der Waals surface area contributed by atoms with Gasteiger partial charge in [0.05, 0.1) is 35.5 Å². The van der Waals surface area contributed by atoms with Crippen LogP contribution in [0.1, 0.15) is 12.5 Å². The second-order valence-electron chi connectivity index (χ2n) is 8.73. The molecule has 0 unspecified atom stereocenters. The van der Waals surface area contributed by atoms with Crippen molar-refractivity contribution in [1.82, 2.24) is 30.4 Å². The van der Waals surface area contributed by atoms with Crippen LogP contribution in [0, 0.1) is 0 Å². The molecular weight excluding hydrogens is 512 g/mol. The second kappa shape index (κ2) is 11.4. The maximum Gasteiger partial charge on any atom is 0.203 e. The molecule has 0 aliphatic heterocycles. The number of H-pyrrole nitrogens is 2. The highest BCUT2D eigenvalue weighted by Crippen LogP contribution is 2.41. The number of aryl methyl sites for hydroxylation is 1. The molecule has 5 rings (SSSR count). The molecule has 0 radical (unpaired) electrons. The SMILES string of the molecule is CCc1cc(-c2n[nH]c(-c3cccc(-c4nc(-c5cc(OC)c(OC)c(OC)c5)n[nH]4)c3)n2)cc(OC)c1OC. The fourth-order valence-electron chi connectivity index (χ4n) is 4.50. The van der Waals surface area contributed by atoms with Crippen LogP contribution in [0.3, 0.4) is 0 Å². The first-order chi connectivity index (χ1) is 19.5. The van der Waals surface area contributed by atoms with Gasteiger partial charge in [0, 0.05) is 22.3 Å². The van der Waals surface area contributed by atoms with Crippen LogP contribution in [0.4, 0.5) is 0 Å². The summed E-state index contributed by atoms with van der Waals surface area (Å²) in [5, 5.41) is 15.0. The standard InChI is InChI=1S/C29H30N6O5/c1-7-16-11-19(13-21(36-2)24(16)39-5)28-30-26(32-34-28)17-9-8-10-18(12-17)27-31-29(35-33-27)20-14-22(37-3)25(40-6)23(15-20)38-4/h8-15H,7H2,1-6H3,(H,30,32,34)(H,31,33,35). The zero-order valence-corrected chi connectivity index (χ0v) is 23.2. The van der Waals surface area contributed by atoms with Gasteiger partial charge >= 0.3 is 0 Å². The Balaban J connectivity index is 1.45. The summed E-state index contributed by atoms with van der Waals surface area (Å²) in [7, 11) is 7.95. The first kappa shape index (κ1) is 26.5. The molecule has 0 aliphatic carbocycles. The molecule has 0 saturated carbocycles. The number of aromatic nitrogens is 6. The lowest BCUT2D eigenvalue weighted by Gasteiger charge is -2.13. The first-order valence-corrected chi connectivity index (χ1v) is 12.5. The van der Waals surface area contributed by atoms with E-state index in [1.54, 1.807) is 47.7 Å². The first-order valence-electron chi connectivity index (χ1n) is 12.5. The molecule has 0 fully saturated rings. The Kier molecular flexibility index (Phi) is 7.54. The predicted octanol–water partition coefficient (Wildman–Crippen LogP) is 5.20. The number of benzene rings is 3. The van der Waals surface area contributed by atoms with Crippen molar-refractivity contribution in [2.45, 2.75) is 13.3 Å². The Morgan fingerprint density at radius 2 is 1.05 bits per heavy atom. The van der Waals surface area contributed by atoms with Gasteiger partial charge in [-0.2, -0.15) is 10.2 Å². The number of aromatic amines is 2. The van der Waals surface area contributed by atoms with Crippen LogP contribution >= 0.6 is 0 Å². The minimum atomic E-state index is 0.488. The van der Waals surface area contributed by atoms with E-state index in [-0.39, 0.29) is 0 Å². The summed E-state index contributed by atoms with van der Waals surface area (Å²) in [6.45, 7) is 2.06. The van der Waals surface area contributed by atoms with Crippen LogP contribution < -0.4 is 23.7 Å². The van der Waals surface area contributed by atoms with Gasteiger partial charge in [-0.15, -0.1) is 0 Å². The highest BCUT2D eigenvalue weighted by molar-refractivity contribution is 5.71. The van der Waals surface area contributed by atoms with E-state index in [0.717, 1.165) is 40.0 Å². The van der Waals surface area contributed by atoms with Crippen LogP contribution in [0.15, 0.2) is 48.5 Å². The number of hydrogen-bond acceptors (Lipinski definition) is 9. The molecule has 11 heteroatoms. The van der Waals surface area contributed by atoms with Gasteiger partial charge in [0.1, 0.15) is 0 Å². The summed E-state index contributed by atoms with van der Waals surface area (Å²) in [4.78, 5) is 9.46. The molecule has 2 N–H and O–H groups in total. The van der Waals surface area contributed by atoms with Gasteiger partial charge in [-0.25, -0.2) is 9.97 Å². The molecule has 2 heterocycles. The topological polar surface area (TPSA) is 129 Å². The lowest BCUT2D eigenvalue weighted by atomic mass is 10.1. The number of nitrogens with one attached hydrogen (secondary N) is 2. The maximum atomic E-state index is 5.54. The van der Waals surface area contributed by atoms with E-state index in [4.69, 9.17) is 33.7 Å². The molecule has 3 aromatic carbocycles. The highest BCUT2D eigenvalue weighted by atomic mass is 16.5. The van der Waals surface area contributed by atoms with E-state index in [1.165, 1.54) is 0 Å². The lowest BCUT2D eigenvalue weighted by Crippen LogP contribution is -1.97. The molecule has 0 amide bonds. The normalized spacial score (nSPS) is 10.8. The van der Waals surface area contributed by atoms with Crippen LogP contribution in [0.25, 0.3) is 45.6 Å². The molecule has 0 atom stereocenters. The summed E-state index contributed by atoms with van der Waals surface area (Å²) < 4.78 is 27.4. The molecule has 0 saturated heterocycles. The van der Waals surface area contributed by atoms with Crippen molar-refractivity contribution < 1.29 is 23.7 Å². The van der Waals surface area contributed by atoms with Gasteiger partial charge in [-0.1, -0.05) is 25.1 Å². The average Bonchev–Trinajstić information content (AvgIpc) is 3.70. The fraction of sp³-hybridized carbons (Fsp3) is 0.241. The van der Waals surface area contributed by atoms with Crippen LogP contribution in [-0.2, 0) is 6.42 Å². The molecular formula is C29H30N6O5. The number of hydrogen-bond donors (Lipinski definition) is 2. The van der Waals surface area contributed by atoms with Crippen molar-refractivity contribution in [1.29, 1.82) is 0 Å². The van der Waals surface area contributed by atoms with E-state index in [0.29, 0.717) is 46.3 Å². The summed E-state index contributed by atoms with van der Waals surface area (Å²) in [5.74, 6) is 5.16. The predicted molar refractivity (Wildman–Crippen MR) is 150 cm³/mol. The minimum absolute atomic E-state index is 0.488. The smallest absolute Gasteiger partial charge is 0.203 e. The third-order valence-electron chi connectivity index (χ3n) is 6.50. The average molecular weight is 543 g/mol. The Morgan fingerprint density at radius 3 is 1.50 bits per heavy atom. The van der Waals surface area contributed by atoms with Crippen molar-refractivity contribution >= 4 is 0 Å². The van der Waals surface area contributed by atoms with Crippen molar-refractivity contribution in [2.75, 3.05) is 35.5 Å². The van der Waals surface area contributed by atoms with E-state index in [1.807, 2.05) is 36.4 Å². The highest BCUT2D eigenvalue weighted by Gasteiger charge is 2.18. The quantitative estimate of drug-likeness (QED) is 0.245. The van der Waals surface area contributed by atoms with E-state index in [9.17, 15) is 0 Å². The summed E-state index contributed by atoms with van der Waals surface area (Å²) in [6.07, 6.45) is 0.780. The van der Waals surface area contributed by atoms with Gasteiger partial charge in [-0.3, -0.25) is 10.2 Å².